The van der Waals surface area contributed by atoms with Crippen molar-refractivity contribution in [3.63, 3.8) is 0 Å². The minimum atomic E-state index is -0.204. The van der Waals surface area contributed by atoms with E-state index < -0.39 is 0 Å². The van der Waals surface area contributed by atoms with Crippen LogP contribution in [0.25, 0.3) is 10.9 Å². The van der Waals surface area contributed by atoms with Gasteiger partial charge in [0.2, 0.25) is 0 Å². The maximum Gasteiger partial charge on any atom is 0.262 e. The van der Waals surface area contributed by atoms with Crippen molar-refractivity contribution in [3.05, 3.63) is 69.7 Å². The van der Waals surface area contributed by atoms with E-state index in [1.165, 1.54) is 4.57 Å². The highest BCUT2D eigenvalue weighted by molar-refractivity contribution is 6.30. The summed E-state index contributed by atoms with van der Waals surface area (Å²) in [6.07, 6.45) is 0. The van der Waals surface area contributed by atoms with Crippen LogP contribution in [0.2, 0.25) is 5.02 Å². The highest BCUT2D eigenvalue weighted by atomic mass is 35.5. The normalized spacial score (nSPS) is 10.4. The Morgan fingerprint density at radius 2 is 1.91 bits per heavy atom. The predicted octanol–water partition coefficient (Wildman–Crippen LogP) is 3.19. The molecule has 1 heterocycles. The summed E-state index contributed by atoms with van der Waals surface area (Å²) in [5.41, 5.74) is 1.28. The van der Waals surface area contributed by atoms with Crippen LogP contribution in [0.3, 0.4) is 0 Å². The van der Waals surface area contributed by atoms with E-state index in [2.05, 4.69) is 10.3 Å². The van der Waals surface area contributed by atoms with E-state index in [-0.39, 0.29) is 12.1 Å². The van der Waals surface area contributed by atoms with Gasteiger partial charge in [-0.3, -0.25) is 9.36 Å². The second kappa shape index (κ2) is 6.51. The fourth-order valence-electron chi connectivity index (χ4n) is 2.33. The Morgan fingerprint density at radius 1 is 1.17 bits per heavy atom. The number of fused-ring (bicyclic) bond motifs is 1. The van der Waals surface area contributed by atoms with Crippen molar-refractivity contribution < 1.29 is 0 Å². The minimum absolute atomic E-state index is 0.0334. The first kappa shape index (κ1) is 15.1. The summed E-state index contributed by atoms with van der Waals surface area (Å²) in [4.78, 5) is 17.0. The number of nitrogens with zero attached hydrogens (tertiary/aromatic N) is 3. The van der Waals surface area contributed by atoms with Gasteiger partial charge in [0.15, 0.2) is 0 Å². The molecule has 0 atom stereocenters. The average Bonchev–Trinajstić information content (AvgIpc) is 2.57. The molecule has 0 bridgehead atoms. The largest absolute Gasteiger partial charge is 0.378 e. The molecule has 0 spiro atoms. The van der Waals surface area contributed by atoms with E-state index in [9.17, 15) is 4.79 Å². The van der Waals surface area contributed by atoms with Crippen LogP contribution in [0.4, 0.5) is 5.69 Å². The quantitative estimate of drug-likeness (QED) is 0.800. The zero-order chi connectivity index (χ0) is 16.2. The molecule has 0 saturated carbocycles. The summed E-state index contributed by atoms with van der Waals surface area (Å²) in [5.74, 6) is 0.519. The molecule has 1 N–H and O–H groups in total. The second-order valence-electron chi connectivity index (χ2n) is 4.96. The van der Waals surface area contributed by atoms with Gasteiger partial charge in [-0.15, -0.1) is 0 Å². The molecule has 3 rings (SSSR count). The van der Waals surface area contributed by atoms with Gasteiger partial charge in [0.25, 0.3) is 5.56 Å². The van der Waals surface area contributed by atoms with Crippen molar-refractivity contribution in [2.75, 3.05) is 5.32 Å². The van der Waals surface area contributed by atoms with Crippen LogP contribution in [0, 0.1) is 11.3 Å². The van der Waals surface area contributed by atoms with E-state index >= 15 is 0 Å². The number of hydrogen-bond acceptors (Lipinski definition) is 4. The van der Waals surface area contributed by atoms with Crippen molar-refractivity contribution in [2.24, 2.45) is 0 Å². The van der Waals surface area contributed by atoms with Crippen LogP contribution >= 0.6 is 11.6 Å². The van der Waals surface area contributed by atoms with Gasteiger partial charge in [-0.2, -0.15) is 5.26 Å². The number of anilines is 1. The summed E-state index contributed by atoms with van der Waals surface area (Å²) in [5, 5.41) is 13.3. The van der Waals surface area contributed by atoms with Crippen LogP contribution in [0.1, 0.15) is 5.82 Å². The van der Waals surface area contributed by atoms with Crippen LogP contribution in [0.5, 0.6) is 0 Å². The number of nitriles is 1. The zero-order valence-corrected chi connectivity index (χ0v) is 12.9. The third-order valence-electron chi connectivity index (χ3n) is 3.46. The van der Waals surface area contributed by atoms with Crippen molar-refractivity contribution in [1.82, 2.24) is 9.55 Å². The monoisotopic (exact) mass is 324 g/mol. The molecule has 0 saturated heterocycles. The van der Waals surface area contributed by atoms with Gasteiger partial charge in [0, 0.05) is 10.7 Å². The lowest BCUT2D eigenvalue weighted by molar-refractivity contribution is 0.709. The number of benzene rings is 2. The van der Waals surface area contributed by atoms with Crippen LogP contribution < -0.4 is 10.9 Å². The first-order valence-corrected chi connectivity index (χ1v) is 7.41. The van der Waals surface area contributed by atoms with Gasteiger partial charge in [-0.1, -0.05) is 23.7 Å². The molecule has 5 nitrogen and oxygen atoms in total. The van der Waals surface area contributed by atoms with Gasteiger partial charge in [0.1, 0.15) is 12.4 Å². The number of hydrogen-bond donors (Lipinski definition) is 1. The number of para-hydroxylation sites is 1. The lowest BCUT2D eigenvalue weighted by Crippen LogP contribution is -2.26. The van der Waals surface area contributed by atoms with E-state index in [1.54, 1.807) is 30.3 Å². The Labute approximate surface area is 137 Å². The van der Waals surface area contributed by atoms with Gasteiger partial charge in [-0.25, -0.2) is 4.98 Å². The number of halogens is 1. The molecule has 6 heteroatoms. The Morgan fingerprint density at radius 3 is 2.65 bits per heavy atom. The van der Waals surface area contributed by atoms with Crippen LogP contribution in [-0.2, 0) is 13.1 Å². The Hall–Kier alpha value is -2.84. The number of aromatic nitrogens is 2. The van der Waals surface area contributed by atoms with Gasteiger partial charge in [0.05, 0.1) is 23.5 Å². The van der Waals surface area contributed by atoms with E-state index in [0.29, 0.717) is 28.3 Å². The Balaban J connectivity index is 1.98. The molecule has 114 valence electrons. The second-order valence-corrected chi connectivity index (χ2v) is 5.39. The fraction of sp³-hybridized carbons (Fsp3) is 0.118. The van der Waals surface area contributed by atoms with Crippen LogP contribution in [-0.4, -0.2) is 9.55 Å². The molecule has 0 aliphatic rings. The van der Waals surface area contributed by atoms with Crippen molar-refractivity contribution in [3.8, 4) is 6.07 Å². The molecular formula is C17H13ClN4O. The van der Waals surface area contributed by atoms with Gasteiger partial charge < -0.3 is 5.32 Å². The standard InChI is InChI=1S/C17H13ClN4O/c18-12-5-7-13(8-6-12)20-11-16-21-15-4-2-1-3-14(15)17(23)22(16)10-9-19/h1-8,20H,10-11H2. The highest BCUT2D eigenvalue weighted by Gasteiger charge is 2.10. The number of rotatable bonds is 4. The molecule has 0 amide bonds. The third-order valence-corrected chi connectivity index (χ3v) is 3.72. The summed E-state index contributed by atoms with van der Waals surface area (Å²) in [6, 6.07) is 16.4. The van der Waals surface area contributed by atoms with E-state index in [1.807, 2.05) is 24.3 Å². The minimum Gasteiger partial charge on any atom is -0.378 e. The van der Waals surface area contributed by atoms with Gasteiger partial charge in [-0.05, 0) is 36.4 Å². The molecule has 0 unspecified atom stereocenters. The molecule has 2 aromatic carbocycles. The van der Waals surface area contributed by atoms with Gasteiger partial charge >= 0.3 is 0 Å². The fourth-order valence-corrected chi connectivity index (χ4v) is 2.46. The molecule has 1 aromatic heterocycles. The number of nitrogens with one attached hydrogen (secondary N) is 1. The van der Waals surface area contributed by atoms with Crippen LogP contribution in [0.15, 0.2) is 53.3 Å². The predicted molar refractivity (Wildman–Crippen MR) is 90.4 cm³/mol. The zero-order valence-electron chi connectivity index (χ0n) is 12.2. The summed E-state index contributed by atoms with van der Waals surface area (Å²) < 4.78 is 1.39. The Bertz CT molecular complexity index is 941. The first-order chi connectivity index (χ1) is 11.2. The van der Waals surface area contributed by atoms with E-state index in [0.717, 1.165) is 5.69 Å². The van der Waals surface area contributed by atoms with E-state index in [4.69, 9.17) is 16.9 Å². The molecule has 3 aromatic rings. The topological polar surface area (TPSA) is 70.7 Å². The SMILES string of the molecule is N#CCn1c(CNc2ccc(Cl)cc2)nc2ccccc2c1=O. The lowest BCUT2D eigenvalue weighted by Gasteiger charge is -2.12. The van der Waals surface area contributed by atoms with Crippen molar-refractivity contribution in [2.45, 2.75) is 13.1 Å². The average molecular weight is 325 g/mol. The molecule has 0 fully saturated rings. The Kier molecular flexibility index (Phi) is 4.26. The van der Waals surface area contributed by atoms with Crippen molar-refractivity contribution in [1.29, 1.82) is 5.26 Å². The molecule has 0 aliphatic carbocycles. The summed E-state index contributed by atoms with van der Waals surface area (Å²) in [6.45, 7) is 0.303. The lowest BCUT2D eigenvalue weighted by atomic mass is 10.2. The highest BCUT2D eigenvalue weighted by Crippen LogP contribution is 2.14. The first-order valence-electron chi connectivity index (χ1n) is 7.04. The van der Waals surface area contributed by atoms with Crippen molar-refractivity contribution >= 4 is 28.2 Å². The summed E-state index contributed by atoms with van der Waals surface area (Å²) >= 11 is 5.86. The maximum absolute atomic E-state index is 12.5. The third kappa shape index (κ3) is 3.17. The molecule has 23 heavy (non-hydrogen) atoms. The smallest absolute Gasteiger partial charge is 0.262 e. The molecule has 0 aliphatic heterocycles. The summed E-state index contributed by atoms with van der Waals surface area (Å²) in [7, 11) is 0. The molecule has 0 radical (unpaired) electrons. The maximum atomic E-state index is 12.5. The molecular weight excluding hydrogens is 312 g/mol.